The van der Waals surface area contributed by atoms with Gasteiger partial charge in [0.2, 0.25) is 10.0 Å². The quantitative estimate of drug-likeness (QED) is 0.820. The van der Waals surface area contributed by atoms with E-state index in [1.165, 1.54) is 12.1 Å². The maximum Gasteiger partial charge on any atom is 0.335 e. The Labute approximate surface area is 120 Å². The van der Waals surface area contributed by atoms with E-state index in [1.54, 1.807) is 24.1 Å². The molecule has 0 spiro atoms. The number of nitrogens with two attached hydrogens (primary N) is 1. The number of carbonyl (C=O) groups is 1. The number of aromatic carboxylic acids is 1. The van der Waals surface area contributed by atoms with Crippen molar-refractivity contribution in [1.82, 2.24) is 9.78 Å². The molecule has 0 unspecified atom stereocenters. The van der Waals surface area contributed by atoms with Crippen molar-refractivity contribution < 1.29 is 23.1 Å². The molecule has 0 saturated heterocycles. The van der Waals surface area contributed by atoms with Crippen LogP contribution < -0.4 is 9.88 Å². The van der Waals surface area contributed by atoms with E-state index in [2.05, 4.69) is 5.10 Å². The summed E-state index contributed by atoms with van der Waals surface area (Å²) in [5.74, 6) is -1.26. The monoisotopic (exact) mass is 311 g/mol. The molecule has 2 aromatic rings. The predicted octanol–water partition coefficient (Wildman–Crippen LogP) is 0.345. The van der Waals surface area contributed by atoms with Gasteiger partial charge in [-0.2, -0.15) is 5.10 Å². The summed E-state index contributed by atoms with van der Waals surface area (Å²) in [5.41, 5.74) is 0.549. The van der Waals surface area contributed by atoms with Gasteiger partial charge in [0.05, 0.1) is 11.8 Å². The van der Waals surface area contributed by atoms with E-state index in [1.807, 2.05) is 0 Å². The summed E-state index contributed by atoms with van der Waals surface area (Å²) in [5, 5.41) is 17.9. The first-order valence-electron chi connectivity index (χ1n) is 5.78. The van der Waals surface area contributed by atoms with Crippen LogP contribution in [0.15, 0.2) is 35.5 Å². The third kappa shape index (κ3) is 3.58. The number of nitrogens with zero attached hydrogens (tertiary/aromatic N) is 2. The zero-order chi connectivity index (χ0) is 15.6. The van der Waals surface area contributed by atoms with Crippen molar-refractivity contribution in [2.45, 2.75) is 11.5 Å². The number of aromatic nitrogens is 2. The summed E-state index contributed by atoms with van der Waals surface area (Å²) in [6.07, 6.45) is 3.28. The van der Waals surface area contributed by atoms with Gasteiger partial charge in [0.15, 0.2) is 0 Å². The van der Waals surface area contributed by atoms with Crippen LogP contribution in [-0.4, -0.2) is 29.3 Å². The summed E-state index contributed by atoms with van der Waals surface area (Å²) >= 11 is 0. The van der Waals surface area contributed by atoms with Gasteiger partial charge in [-0.05, 0) is 18.2 Å². The highest BCUT2D eigenvalue weighted by Crippen LogP contribution is 2.25. The number of aryl methyl sites for hydroxylation is 1. The highest BCUT2D eigenvalue weighted by molar-refractivity contribution is 7.89. The van der Waals surface area contributed by atoms with Crippen LogP contribution in [0.4, 0.5) is 0 Å². The van der Waals surface area contributed by atoms with Crippen molar-refractivity contribution in [1.29, 1.82) is 0 Å². The van der Waals surface area contributed by atoms with Crippen molar-refractivity contribution in [2.24, 2.45) is 12.2 Å². The molecule has 0 fully saturated rings. The fourth-order valence-corrected chi connectivity index (χ4v) is 2.39. The number of hydrogen-bond acceptors (Lipinski definition) is 5. The molecule has 2 rings (SSSR count). The lowest BCUT2D eigenvalue weighted by molar-refractivity contribution is 0.0696. The molecule has 0 atom stereocenters. The molecule has 21 heavy (non-hydrogen) atoms. The zero-order valence-corrected chi connectivity index (χ0v) is 11.9. The number of benzene rings is 1. The smallest absolute Gasteiger partial charge is 0.335 e. The molecule has 0 saturated carbocycles. The highest BCUT2D eigenvalue weighted by Gasteiger charge is 2.18. The number of carboxylic acids is 1. The summed E-state index contributed by atoms with van der Waals surface area (Å²) in [6, 6.07) is 3.48. The van der Waals surface area contributed by atoms with Gasteiger partial charge >= 0.3 is 5.97 Å². The van der Waals surface area contributed by atoms with Crippen molar-refractivity contribution in [3.05, 3.63) is 41.7 Å². The lowest BCUT2D eigenvalue weighted by Gasteiger charge is -2.10. The first-order chi connectivity index (χ1) is 9.77. The number of primary sulfonamides is 1. The third-order valence-corrected chi connectivity index (χ3v) is 3.58. The summed E-state index contributed by atoms with van der Waals surface area (Å²) in [6.45, 7) is 0.0861. The second kappa shape index (κ2) is 5.54. The largest absolute Gasteiger partial charge is 0.487 e. The van der Waals surface area contributed by atoms with E-state index in [4.69, 9.17) is 15.0 Å². The van der Waals surface area contributed by atoms with Gasteiger partial charge in [0.25, 0.3) is 0 Å². The number of sulfonamides is 1. The molecule has 1 heterocycles. The molecule has 112 valence electrons. The fraction of sp³-hybridized carbons (Fsp3) is 0.167. The van der Waals surface area contributed by atoms with Crippen LogP contribution in [-0.2, 0) is 23.7 Å². The second-order valence-corrected chi connectivity index (χ2v) is 5.85. The zero-order valence-electron chi connectivity index (χ0n) is 11.1. The Hall–Kier alpha value is -2.39. The van der Waals surface area contributed by atoms with E-state index in [0.717, 1.165) is 11.6 Å². The highest BCUT2D eigenvalue weighted by atomic mass is 32.2. The van der Waals surface area contributed by atoms with E-state index < -0.39 is 16.0 Å². The molecular weight excluding hydrogens is 298 g/mol. The first-order valence-corrected chi connectivity index (χ1v) is 7.32. The average molecular weight is 311 g/mol. The summed E-state index contributed by atoms with van der Waals surface area (Å²) in [4.78, 5) is 10.5. The second-order valence-electron chi connectivity index (χ2n) is 4.32. The Morgan fingerprint density at radius 1 is 1.48 bits per heavy atom. The minimum atomic E-state index is -4.10. The lowest BCUT2D eigenvalue weighted by atomic mass is 10.2. The summed E-state index contributed by atoms with van der Waals surface area (Å²) in [7, 11) is -2.36. The van der Waals surface area contributed by atoms with Crippen LogP contribution in [0.2, 0.25) is 0 Å². The minimum Gasteiger partial charge on any atom is -0.487 e. The molecular formula is C12H13N3O5S. The van der Waals surface area contributed by atoms with Crippen LogP contribution in [0.1, 0.15) is 15.9 Å². The van der Waals surface area contributed by atoms with Crippen LogP contribution in [0.5, 0.6) is 5.75 Å². The molecule has 0 aliphatic heterocycles. The van der Waals surface area contributed by atoms with Gasteiger partial charge in [-0.1, -0.05) is 0 Å². The van der Waals surface area contributed by atoms with E-state index in [0.29, 0.717) is 0 Å². The number of carboxylic acid groups (broad SMARTS) is 1. The molecule has 0 radical (unpaired) electrons. The van der Waals surface area contributed by atoms with Crippen LogP contribution in [0.3, 0.4) is 0 Å². The van der Waals surface area contributed by atoms with Crippen LogP contribution in [0, 0.1) is 0 Å². The summed E-state index contributed by atoms with van der Waals surface area (Å²) < 4.78 is 30.0. The van der Waals surface area contributed by atoms with Crippen molar-refractivity contribution >= 4 is 16.0 Å². The van der Waals surface area contributed by atoms with Crippen molar-refractivity contribution in [3.63, 3.8) is 0 Å². The maximum absolute atomic E-state index is 11.5. The molecule has 1 aromatic heterocycles. The first kappa shape index (κ1) is 15.0. The molecule has 1 aromatic carbocycles. The Morgan fingerprint density at radius 2 is 2.19 bits per heavy atom. The van der Waals surface area contributed by atoms with E-state index >= 15 is 0 Å². The molecule has 0 amide bonds. The topological polar surface area (TPSA) is 125 Å². The SMILES string of the molecule is Cn1cc(COc2ccc(C(=O)O)cc2S(N)(=O)=O)cn1. The standard InChI is InChI=1S/C12H13N3O5S/c1-15-6-8(5-14-15)7-20-10-3-2-9(12(16)17)4-11(10)21(13,18)19/h2-6H,7H2,1H3,(H,16,17)(H2,13,18,19). The molecule has 9 heteroatoms. The van der Waals surface area contributed by atoms with Crippen LogP contribution in [0.25, 0.3) is 0 Å². The number of ether oxygens (including phenoxy) is 1. The lowest BCUT2D eigenvalue weighted by Crippen LogP contribution is -2.15. The maximum atomic E-state index is 11.5. The molecule has 0 bridgehead atoms. The van der Waals surface area contributed by atoms with Gasteiger partial charge in [-0.25, -0.2) is 18.4 Å². The fourth-order valence-electron chi connectivity index (χ4n) is 1.69. The Bertz CT molecular complexity index is 782. The Balaban J connectivity index is 2.32. The molecule has 0 aliphatic carbocycles. The molecule has 8 nitrogen and oxygen atoms in total. The average Bonchev–Trinajstić information content (AvgIpc) is 2.81. The Kier molecular flexibility index (Phi) is 3.96. The molecule has 0 aliphatic rings. The van der Waals surface area contributed by atoms with E-state index in [-0.39, 0.29) is 22.8 Å². The van der Waals surface area contributed by atoms with Gasteiger partial charge in [0, 0.05) is 18.8 Å². The number of rotatable bonds is 5. The molecule has 3 N–H and O–H groups in total. The van der Waals surface area contributed by atoms with E-state index in [9.17, 15) is 13.2 Å². The van der Waals surface area contributed by atoms with Gasteiger partial charge in [-0.15, -0.1) is 0 Å². The van der Waals surface area contributed by atoms with Gasteiger partial charge in [0.1, 0.15) is 17.3 Å². The normalized spacial score (nSPS) is 11.3. The van der Waals surface area contributed by atoms with Crippen LogP contribution >= 0.6 is 0 Å². The van der Waals surface area contributed by atoms with Gasteiger partial charge in [-0.3, -0.25) is 4.68 Å². The third-order valence-electron chi connectivity index (χ3n) is 2.65. The van der Waals surface area contributed by atoms with Gasteiger partial charge < -0.3 is 9.84 Å². The number of hydrogen-bond donors (Lipinski definition) is 2. The van der Waals surface area contributed by atoms with Crippen molar-refractivity contribution in [2.75, 3.05) is 0 Å². The van der Waals surface area contributed by atoms with Crippen molar-refractivity contribution in [3.8, 4) is 5.75 Å². The predicted molar refractivity (Wildman–Crippen MR) is 72.3 cm³/mol. The Morgan fingerprint density at radius 3 is 2.71 bits per heavy atom. The minimum absolute atomic E-state index is 0.00801.